The van der Waals surface area contributed by atoms with Crippen LogP contribution in [0, 0.1) is 0 Å². The summed E-state index contributed by atoms with van der Waals surface area (Å²) < 4.78 is 0. The SMILES string of the molecule is CCN(CC)CCC[C@H](C)Nc1nc(/C=C/c2ccc(Cl)cc2)nc2cc3ccccc3cc12. The highest BCUT2D eigenvalue weighted by Gasteiger charge is 2.11. The lowest BCUT2D eigenvalue weighted by Crippen LogP contribution is -2.25. The molecule has 4 rings (SSSR count). The maximum Gasteiger partial charge on any atom is 0.154 e. The fourth-order valence-corrected chi connectivity index (χ4v) is 4.36. The van der Waals surface area contributed by atoms with E-state index in [4.69, 9.17) is 21.6 Å². The van der Waals surface area contributed by atoms with Crippen molar-refractivity contribution in [3.8, 4) is 0 Å². The Kier molecular flexibility index (Phi) is 8.15. The molecule has 1 aromatic heterocycles. The van der Waals surface area contributed by atoms with Crippen LogP contribution >= 0.6 is 11.6 Å². The minimum Gasteiger partial charge on any atom is -0.367 e. The summed E-state index contributed by atoms with van der Waals surface area (Å²) >= 11 is 6.02. The highest BCUT2D eigenvalue weighted by atomic mass is 35.5. The van der Waals surface area contributed by atoms with Gasteiger partial charge in [0.25, 0.3) is 0 Å². The van der Waals surface area contributed by atoms with Crippen molar-refractivity contribution in [3.05, 3.63) is 77.1 Å². The molecule has 0 saturated heterocycles. The predicted octanol–water partition coefficient (Wildman–Crippen LogP) is 7.53. The molecule has 0 amide bonds. The summed E-state index contributed by atoms with van der Waals surface area (Å²) in [6.45, 7) is 10.0. The number of nitrogens with one attached hydrogen (secondary N) is 1. The fraction of sp³-hybridized carbons (Fsp3) is 0.310. The van der Waals surface area contributed by atoms with Gasteiger partial charge in [0.2, 0.25) is 0 Å². The first-order chi connectivity index (χ1) is 16.6. The highest BCUT2D eigenvalue weighted by Crippen LogP contribution is 2.27. The van der Waals surface area contributed by atoms with Gasteiger partial charge >= 0.3 is 0 Å². The van der Waals surface area contributed by atoms with Gasteiger partial charge in [0.05, 0.1) is 5.52 Å². The largest absolute Gasteiger partial charge is 0.367 e. The monoisotopic (exact) mass is 472 g/mol. The van der Waals surface area contributed by atoms with Crippen LogP contribution in [0.15, 0.2) is 60.7 Å². The Hall–Kier alpha value is -2.95. The van der Waals surface area contributed by atoms with Gasteiger partial charge < -0.3 is 10.2 Å². The first-order valence-corrected chi connectivity index (χ1v) is 12.6. The van der Waals surface area contributed by atoms with E-state index in [0.29, 0.717) is 11.9 Å². The molecule has 176 valence electrons. The summed E-state index contributed by atoms with van der Waals surface area (Å²) in [4.78, 5) is 12.2. The Morgan fingerprint density at radius 3 is 2.35 bits per heavy atom. The molecule has 3 aromatic carbocycles. The summed E-state index contributed by atoms with van der Waals surface area (Å²) in [6, 6.07) is 20.8. The third kappa shape index (κ3) is 6.13. The van der Waals surface area contributed by atoms with Gasteiger partial charge in [0, 0.05) is 16.5 Å². The molecule has 1 N–H and O–H groups in total. The highest BCUT2D eigenvalue weighted by molar-refractivity contribution is 6.30. The number of fused-ring (bicyclic) bond motifs is 2. The minimum atomic E-state index is 0.313. The molecule has 1 atom stereocenters. The average molecular weight is 473 g/mol. The van der Waals surface area contributed by atoms with Crippen molar-refractivity contribution >= 4 is 51.2 Å². The Morgan fingerprint density at radius 2 is 1.65 bits per heavy atom. The molecule has 34 heavy (non-hydrogen) atoms. The Labute approximate surface area is 207 Å². The maximum atomic E-state index is 6.02. The van der Waals surface area contributed by atoms with Crippen molar-refractivity contribution in [3.63, 3.8) is 0 Å². The van der Waals surface area contributed by atoms with Crippen LogP contribution in [0.5, 0.6) is 0 Å². The second kappa shape index (κ2) is 11.5. The summed E-state index contributed by atoms with van der Waals surface area (Å²) in [5.74, 6) is 1.58. The van der Waals surface area contributed by atoms with Crippen molar-refractivity contribution in [1.29, 1.82) is 0 Å². The topological polar surface area (TPSA) is 41.0 Å². The van der Waals surface area contributed by atoms with E-state index in [1.54, 1.807) is 0 Å². The van der Waals surface area contributed by atoms with Crippen LogP contribution in [0.1, 0.15) is 45.0 Å². The van der Waals surface area contributed by atoms with Gasteiger partial charge in [0.1, 0.15) is 5.82 Å². The fourth-order valence-electron chi connectivity index (χ4n) is 4.23. The third-order valence-corrected chi connectivity index (χ3v) is 6.52. The standard InChI is InChI=1S/C29H33ClN4/c1-4-34(5-2)18-8-9-21(3)31-29-26-19-23-10-6-7-11-24(23)20-27(26)32-28(33-29)17-14-22-12-15-25(30)16-13-22/h6-7,10-17,19-21H,4-5,8-9,18H2,1-3H3,(H,31,32,33)/b17-14+/t21-/m0/s1. The Morgan fingerprint density at radius 1 is 0.941 bits per heavy atom. The molecule has 4 nitrogen and oxygen atoms in total. The number of rotatable bonds is 10. The Bertz CT molecular complexity index is 1260. The molecule has 0 bridgehead atoms. The van der Waals surface area contributed by atoms with E-state index >= 15 is 0 Å². The second-order valence-corrected chi connectivity index (χ2v) is 9.18. The summed E-state index contributed by atoms with van der Waals surface area (Å²) in [5.41, 5.74) is 2.01. The van der Waals surface area contributed by atoms with Crippen molar-refractivity contribution in [1.82, 2.24) is 14.9 Å². The molecule has 0 aliphatic rings. The number of halogens is 1. The molecular weight excluding hydrogens is 440 g/mol. The van der Waals surface area contributed by atoms with E-state index < -0.39 is 0 Å². The minimum absolute atomic E-state index is 0.313. The van der Waals surface area contributed by atoms with Crippen LogP contribution in [-0.2, 0) is 0 Å². The number of hydrogen-bond donors (Lipinski definition) is 1. The van der Waals surface area contributed by atoms with Crippen LogP contribution < -0.4 is 5.32 Å². The molecule has 5 heteroatoms. The second-order valence-electron chi connectivity index (χ2n) is 8.75. The van der Waals surface area contributed by atoms with E-state index in [1.165, 1.54) is 10.8 Å². The molecule has 0 radical (unpaired) electrons. The van der Waals surface area contributed by atoms with E-state index in [9.17, 15) is 0 Å². The molecule has 4 aromatic rings. The Balaban J connectivity index is 1.63. The normalized spacial score (nSPS) is 12.7. The number of benzene rings is 3. The number of hydrogen-bond acceptors (Lipinski definition) is 4. The third-order valence-electron chi connectivity index (χ3n) is 6.26. The summed E-state index contributed by atoms with van der Waals surface area (Å²) in [6.07, 6.45) is 6.24. The summed E-state index contributed by atoms with van der Waals surface area (Å²) in [7, 11) is 0. The number of aromatic nitrogens is 2. The lowest BCUT2D eigenvalue weighted by Gasteiger charge is -2.20. The summed E-state index contributed by atoms with van der Waals surface area (Å²) in [5, 5.41) is 7.84. The molecule has 0 aliphatic heterocycles. The molecule has 0 unspecified atom stereocenters. The molecule has 0 aliphatic carbocycles. The number of nitrogens with zero attached hydrogens (tertiary/aromatic N) is 3. The van der Waals surface area contributed by atoms with Crippen LogP contribution in [0.25, 0.3) is 33.8 Å². The molecule has 1 heterocycles. The lowest BCUT2D eigenvalue weighted by atomic mass is 10.1. The zero-order valence-electron chi connectivity index (χ0n) is 20.3. The zero-order chi connectivity index (χ0) is 23.9. The van der Waals surface area contributed by atoms with Crippen LogP contribution in [0.4, 0.5) is 5.82 Å². The van der Waals surface area contributed by atoms with E-state index in [-0.39, 0.29) is 0 Å². The van der Waals surface area contributed by atoms with Crippen molar-refractivity contribution in [2.24, 2.45) is 0 Å². The molecular formula is C29H33ClN4. The van der Waals surface area contributed by atoms with Gasteiger partial charge in [-0.3, -0.25) is 0 Å². The van der Waals surface area contributed by atoms with Crippen LogP contribution in [0.2, 0.25) is 5.02 Å². The van der Waals surface area contributed by atoms with Crippen molar-refractivity contribution in [2.45, 2.75) is 39.7 Å². The van der Waals surface area contributed by atoms with Crippen molar-refractivity contribution in [2.75, 3.05) is 25.0 Å². The maximum absolute atomic E-state index is 6.02. The smallest absolute Gasteiger partial charge is 0.154 e. The van der Waals surface area contributed by atoms with E-state index in [1.807, 2.05) is 36.4 Å². The molecule has 0 spiro atoms. The van der Waals surface area contributed by atoms with Crippen molar-refractivity contribution < 1.29 is 0 Å². The van der Waals surface area contributed by atoms with Gasteiger partial charge in [0.15, 0.2) is 5.82 Å². The van der Waals surface area contributed by atoms with E-state index in [2.05, 4.69) is 67.4 Å². The van der Waals surface area contributed by atoms with Crippen LogP contribution in [0.3, 0.4) is 0 Å². The van der Waals surface area contributed by atoms with Gasteiger partial charge in [-0.2, -0.15) is 0 Å². The first kappa shape index (κ1) is 24.2. The van der Waals surface area contributed by atoms with Gasteiger partial charge in [-0.15, -0.1) is 0 Å². The predicted molar refractivity (Wildman–Crippen MR) is 148 cm³/mol. The molecule has 0 saturated carbocycles. The average Bonchev–Trinajstić information content (AvgIpc) is 2.85. The van der Waals surface area contributed by atoms with Crippen LogP contribution in [-0.4, -0.2) is 40.5 Å². The quantitative estimate of drug-likeness (QED) is 0.242. The molecule has 0 fully saturated rings. The van der Waals surface area contributed by atoms with Gasteiger partial charge in [-0.1, -0.05) is 67.9 Å². The van der Waals surface area contributed by atoms with Gasteiger partial charge in [-0.05, 0) is 86.1 Å². The lowest BCUT2D eigenvalue weighted by molar-refractivity contribution is 0.295. The van der Waals surface area contributed by atoms with E-state index in [0.717, 1.165) is 59.8 Å². The first-order valence-electron chi connectivity index (χ1n) is 12.2. The number of anilines is 1. The van der Waals surface area contributed by atoms with Gasteiger partial charge in [-0.25, -0.2) is 9.97 Å². The zero-order valence-corrected chi connectivity index (χ0v) is 21.0.